The third-order valence-electron chi connectivity index (χ3n) is 4.25. The number of aliphatic carboxylic acids is 1. The van der Waals surface area contributed by atoms with E-state index in [4.69, 9.17) is 0 Å². The average Bonchev–Trinajstić information content (AvgIpc) is 2.59. The highest BCUT2D eigenvalue weighted by Crippen LogP contribution is 2.11. The molecule has 1 N–H and O–H groups in total. The van der Waals surface area contributed by atoms with Crippen molar-refractivity contribution in [3.8, 4) is 0 Å². The molecule has 1 amide bonds. The molecule has 144 valence electrons. The van der Waals surface area contributed by atoms with Gasteiger partial charge >= 0.3 is 0 Å². The highest BCUT2D eigenvalue weighted by molar-refractivity contribution is 5.94. The van der Waals surface area contributed by atoms with Crippen molar-refractivity contribution in [3.05, 3.63) is 71.3 Å². The molecule has 0 aliphatic carbocycles. The number of hydrogen-bond donors (Lipinski definition) is 1. The van der Waals surface area contributed by atoms with Gasteiger partial charge < -0.3 is 19.7 Å². The first kappa shape index (κ1) is 20.6. The molecule has 0 bridgehead atoms. The lowest BCUT2D eigenvalue weighted by Gasteiger charge is -2.30. The zero-order valence-corrected chi connectivity index (χ0v) is 16.3. The Morgan fingerprint density at radius 3 is 2.22 bits per heavy atom. The summed E-state index contributed by atoms with van der Waals surface area (Å²) in [6.07, 6.45) is 1.54. The summed E-state index contributed by atoms with van der Waals surface area (Å²) in [7, 11) is 5.87. The highest BCUT2D eigenvalue weighted by Gasteiger charge is 2.21. The van der Waals surface area contributed by atoms with E-state index in [-0.39, 0.29) is 12.3 Å². The molecule has 1 atom stereocenters. The molecule has 0 fully saturated rings. The largest absolute Gasteiger partial charge is 0.550 e. The van der Waals surface area contributed by atoms with E-state index in [9.17, 15) is 14.7 Å². The van der Waals surface area contributed by atoms with E-state index >= 15 is 0 Å². The van der Waals surface area contributed by atoms with Gasteiger partial charge in [0.05, 0.1) is 33.7 Å². The molecule has 0 aliphatic rings. The Morgan fingerprint density at radius 1 is 0.963 bits per heavy atom. The van der Waals surface area contributed by atoms with Crippen molar-refractivity contribution in [3.63, 3.8) is 0 Å². The van der Waals surface area contributed by atoms with E-state index in [1.807, 2.05) is 57.5 Å². The molecule has 5 nitrogen and oxygen atoms in total. The van der Waals surface area contributed by atoms with Crippen LogP contribution in [0.5, 0.6) is 0 Å². The molecule has 0 saturated carbocycles. The molecule has 0 spiro atoms. The minimum Gasteiger partial charge on any atom is -0.550 e. The summed E-state index contributed by atoms with van der Waals surface area (Å²) in [5, 5.41) is 13.9. The maximum atomic E-state index is 12.6. The number of carboxylic acid groups (broad SMARTS) is 1. The topological polar surface area (TPSA) is 69.2 Å². The predicted octanol–water partition coefficient (Wildman–Crippen LogP) is 1.42. The van der Waals surface area contributed by atoms with Crippen LogP contribution < -0.4 is 10.4 Å². The van der Waals surface area contributed by atoms with Gasteiger partial charge in [-0.05, 0) is 36.1 Å². The maximum absolute atomic E-state index is 12.6. The number of carbonyl (C=O) groups is 2. The van der Waals surface area contributed by atoms with Gasteiger partial charge in [0.25, 0.3) is 5.91 Å². The van der Waals surface area contributed by atoms with Gasteiger partial charge in [0, 0.05) is 18.0 Å². The Balaban J connectivity index is 2.03. The maximum Gasteiger partial charge on any atom is 0.251 e. The lowest BCUT2D eigenvalue weighted by molar-refractivity contribution is -0.871. The van der Waals surface area contributed by atoms with Gasteiger partial charge in [-0.15, -0.1) is 0 Å². The Bertz CT molecular complexity index is 767. The lowest BCUT2D eigenvalue weighted by Crippen LogP contribution is -2.50. The molecule has 2 aromatic rings. The van der Waals surface area contributed by atoms with Crippen molar-refractivity contribution in [2.24, 2.45) is 0 Å². The second-order valence-electron chi connectivity index (χ2n) is 7.91. The number of nitrogens with zero attached hydrogens (tertiary/aromatic N) is 1. The SMILES string of the molecule is C[N+](C)(C)CC(CC(=O)[O-])NC(=O)c1cccc(CCc2ccccc2)c1. The van der Waals surface area contributed by atoms with Crippen LogP contribution in [-0.2, 0) is 17.6 Å². The van der Waals surface area contributed by atoms with Crippen LogP contribution in [0.4, 0.5) is 0 Å². The first-order chi connectivity index (χ1) is 12.7. The van der Waals surface area contributed by atoms with Crippen LogP contribution in [0.2, 0.25) is 0 Å². The normalized spacial score (nSPS) is 12.4. The van der Waals surface area contributed by atoms with Crippen molar-refractivity contribution in [1.82, 2.24) is 5.32 Å². The highest BCUT2D eigenvalue weighted by atomic mass is 16.4. The number of aryl methyl sites for hydroxylation is 2. The molecule has 1 unspecified atom stereocenters. The van der Waals surface area contributed by atoms with Crippen molar-refractivity contribution in [2.45, 2.75) is 25.3 Å². The number of quaternary nitrogens is 1. The summed E-state index contributed by atoms with van der Waals surface area (Å²) in [5.74, 6) is -1.42. The molecule has 0 radical (unpaired) electrons. The second kappa shape index (κ2) is 9.33. The van der Waals surface area contributed by atoms with Crippen molar-refractivity contribution >= 4 is 11.9 Å². The number of rotatable bonds is 9. The van der Waals surface area contributed by atoms with Crippen LogP contribution in [-0.4, -0.2) is 50.1 Å². The summed E-state index contributed by atoms with van der Waals surface area (Å²) < 4.78 is 0.551. The molecule has 27 heavy (non-hydrogen) atoms. The smallest absolute Gasteiger partial charge is 0.251 e. The quantitative estimate of drug-likeness (QED) is 0.681. The van der Waals surface area contributed by atoms with Gasteiger partial charge in [-0.1, -0.05) is 42.5 Å². The van der Waals surface area contributed by atoms with Gasteiger partial charge in [-0.25, -0.2) is 0 Å². The third kappa shape index (κ3) is 7.62. The van der Waals surface area contributed by atoms with Crippen LogP contribution in [0.1, 0.15) is 27.9 Å². The number of likely N-dealkylation sites (N-methyl/N-ethyl adjacent to an activating group) is 1. The van der Waals surface area contributed by atoms with E-state index in [1.165, 1.54) is 5.56 Å². The second-order valence-corrected chi connectivity index (χ2v) is 7.91. The van der Waals surface area contributed by atoms with Crippen LogP contribution in [0.15, 0.2) is 54.6 Å². The molecule has 2 rings (SSSR count). The average molecular weight is 368 g/mol. The van der Waals surface area contributed by atoms with Gasteiger partial charge in [0.2, 0.25) is 0 Å². The fourth-order valence-corrected chi connectivity index (χ4v) is 3.09. The predicted molar refractivity (Wildman–Crippen MR) is 104 cm³/mol. The lowest BCUT2D eigenvalue weighted by atomic mass is 10.0. The van der Waals surface area contributed by atoms with Crippen LogP contribution in [0.3, 0.4) is 0 Å². The minimum atomic E-state index is -1.16. The third-order valence-corrected chi connectivity index (χ3v) is 4.25. The number of carbonyl (C=O) groups excluding carboxylic acids is 2. The van der Waals surface area contributed by atoms with Gasteiger partial charge in [-0.2, -0.15) is 0 Å². The Labute approximate surface area is 161 Å². The number of amides is 1. The molecule has 2 aromatic carbocycles. The monoisotopic (exact) mass is 368 g/mol. The summed E-state index contributed by atoms with van der Waals surface area (Å²) in [6.45, 7) is 0.507. The molecule has 0 saturated heterocycles. The van der Waals surface area contributed by atoms with E-state index in [0.29, 0.717) is 16.6 Å². The van der Waals surface area contributed by atoms with Crippen LogP contribution >= 0.6 is 0 Å². The Morgan fingerprint density at radius 2 is 1.59 bits per heavy atom. The van der Waals surface area contributed by atoms with Crippen LogP contribution in [0.25, 0.3) is 0 Å². The van der Waals surface area contributed by atoms with Crippen molar-refractivity contribution in [2.75, 3.05) is 27.7 Å². The molecule has 0 heterocycles. The minimum absolute atomic E-state index is 0.199. The Kier molecular flexibility index (Phi) is 7.13. The Hall–Kier alpha value is -2.66. The molecule has 5 heteroatoms. The zero-order valence-electron chi connectivity index (χ0n) is 16.3. The summed E-state index contributed by atoms with van der Waals surface area (Å²) in [5.41, 5.74) is 2.88. The number of carboxylic acids is 1. The van der Waals surface area contributed by atoms with Crippen molar-refractivity contribution < 1.29 is 19.2 Å². The molecule has 0 aromatic heterocycles. The van der Waals surface area contributed by atoms with Gasteiger partial charge in [0.15, 0.2) is 0 Å². The fourth-order valence-electron chi connectivity index (χ4n) is 3.09. The van der Waals surface area contributed by atoms with Crippen LogP contribution in [0, 0.1) is 0 Å². The number of nitrogens with one attached hydrogen (secondary N) is 1. The molecular formula is C22H28N2O3. The molecule has 0 aliphatic heterocycles. The van der Waals surface area contributed by atoms with E-state index < -0.39 is 12.0 Å². The zero-order chi connectivity index (χ0) is 19.9. The van der Waals surface area contributed by atoms with Gasteiger partial charge in [-0.3, -0.25) is 4.79 Å². The number of benzene rings is 2. The van der Waals surface area contributed by atoms with Crippen molar-refractivity contribution in [1.29, 1.82) is 0 Å². The van der Waals surface area contributed by atoms with Gasteiger partial charge in [0.1, 0.15) is 0 Å². The van der Waals surface area contributed by atoms with E-state index in [0.717, 1.165) is 18.4 Å². The first-order valence-electron chi connectivity index (χ1n) is 9.17. The first-order valence-corrected chi connectivity index (χ1v) is 9.17. The molecular weight excluding hydrogens is 340 g/mol. The summed E-state index contributed by atoms with van der Waals surface area (Å²) >= 11 is 0. The summed E-state index contributed by atoms with van der Waals surface area (Å²) in [4.78, 5) is 23.6. The number of hydrogen-bond acceptors (Lipinski definition) is 3. The van der Waals surface area contributed by atoms with E-state index in [2.05, 4.69) is 17.4 Å². The fraction of sp³-hybridized carbons (Fsp3) is 0.364. The van der Waals surface area contributed by atoms with E-state index in [1.54, 1.807) is 6.07 Å². The summed E-state index contributed by atoms with van der Waals surface area (Å²) in [6, 6.07) is 17.2. The standard InChI is InChI=1S/C22H28N2O3/c1-24(2,3)16-20(15-21(25)26)23-22(27)19-11-7-10-18(14-19)13-12-17-8-5-4-6-9-17/h4-11,14,20H,12-13,15-16H2,1-3H3,(H-,23,25,26,27).